The van der Waals surface area contributed by atoms with Crippen molar-refractivity contribution in [1.82, 2.24) is 15.2 Å². The van der Waals surface area contributed by atoms with Crippen molar-refractivity contribution >= 4 is 16.6 Å². The van der Waals surface area contributed by atoms with Crippen LogP contribution >= 0.6 is 0 Å². The van der Waals surface area contributed by atoms with E-state index in [1.807, 2.05) is 24.3 Å². The van der Waals surface area contributed by atoms with Gasteiger partial charge < -0.3 is 0 Å². The molecule has 4 nitrogen and oxygen atoms in total. The van der Waals surface area contributed by atoms with Crippen LogP contribution in [-0.4, -0.2) is 21.0 Å². The SMILES string of the molecule is O=C(c1ccnnc1)c1cncc2ccccc12. The molecule has 3 aromatic rings. The molecule has 0 unspecified atom stereocenters. The molecule has 0 fully saturated rings. The smallest absolute Gasteiger partial charge is 0.196 e. The third kappa shape index (κ3) is 1.73. The van der Waals surface area contributed by atoms with E-state index in [1.54, 1.807) is 18.5 Å². The normalized spacial score (nSPS) is 10.4. The summed E-state index contributed by atoms with van der Waals surface area (Å²) in [5.74, 6) is -0.0887. The summed E-state index contributed by atoms with van der Waals surface area (Å²) in [5.41, 5.74) is 1.10. The highest BCUT2D eigenvalue weighted by Crippen LogP contribution is 2.19. The molecule has 0 atom stereocenters. The zero-order chi connectivity index (χ0) is 12.4. The molecule has 0 aliphatic carbocycles. The molecule has 18 heavy (non-hydrogen) atoms. The van der Waals surface area contributed by atoms with Gasteiger partial charge in [0.05, 0.1) is 12.4 Å². The van der Waals surface area contributed by atoms with Crippen molar-refractivity contribution in [2.24, 2.45) is 0 Å². The van der Waals surface area contributed by atoms with Crippen molar-refractivity contribution < 1.29 is 4.79 Å². The van der Waals surface area contributed by atoms with Crippen molar-refractivity contribution in [2.75, 3.05) is 0 Å². The van der Waals surface area contributed by atoms with Crippen molar-refractivity contribution in [1.29, 1.82) is 0 Å². The summed E-state index contributed by atoms with van der Waals surface area (Å²) in [4.78, 5) is 16.5. The second-order valence-electron chi connectivity index (χ2n) is 3.87. The van der Waals surface area contributed by atoms with Crippen molar-refractivity contribution in [3.63, 3.8) is 0 Å². The topological polar surface area (TPSA) is 55.7 Å². The Hall–Kier alpha value is -2.62. The Bertz CT molecular complexity index is 705. The zero-order valence-corrected chi connectivity index (χ0v) is 9.45. The van der Waals surface area contributed by atoms with Crippen LogP contribution in [0.25, 0.3) is 10.8 Å². The van der Waals surface area contributed by atoms with Gasteiger partial charge in [0.15, 0.2) is 5.78 Å². The number of hydrogen-bond donors (Lipinski definition) is 0. The maximum atomic E-state index is 12.4. The largest absolute Gasteiger partial charge is 0.288 e. The van der Waals surface area contributed by atoms with Gasteiger partial charge in [0, 0.05) is 28.9 Å². The third-order valence-corrected chi connectivity index (χ3v) is 2.76. The van der Waals surface area contributed by atoms with Crippen molar-refractivity contribution in [2.45, 2.75) is 0 Å². The van der Waals surface area contributed by atoms with Crippen LogP contribution in [0, 0.1) is 0 Å². The van der Waals surface area contributed by atoms with Gasteiger partial charge in [0.25, 0.3) is 0 Å². The van der Waals surface area contributed by atoms with Gasteiger partial charge in [0.2, 0.25) is 0 Å². The highest BCUT2D eigenvalue weighted by Gasteiger charge is 2.12. The number of carbonyl (C=O) groups excluding carboxylic acids is 1. The van der Waals surface area contributed by atoms with Crippen LogP contribution in [0.2, 0.25) is 0 Å². The average molecular weight is 235 g/mol. The molecular weight excluding hydrogens is 226 g/mol. The Morgan fingerprint density at radius 1 is 0.944 bits per heavy atom. The van der Waals surface area contributed by atoms with Crippen LogP contribution in [0.1, 0.15) is 15.9 Å². The van der Waals surface area contributed by atoms with E-state index in [2.05, 4.69) is 15.2 Å². The van der Waals surface area contributed by atoms with Crippen LogP contribution in [0.15, 0.2) is 55.1 Å². The lowest BCUT2D eigenvalue weighted by Gasteiger charge is -2.04. The van der Waals surface area contributed by atoms with E-state index in [-0.39, 0.29) is 5.78 Å². The fraction of sp³-hybridized carbons (Fsp3) is 0. The van der Waals surface area contributed by atoms with Crippen LogP contribution in [0.4, 0.5) is 0 Å². The highest BCUT2D eigenvalue weighted by molar-refractivity contribution is 6.15. The number of ketones is 1. The summed E-state index contributed by atoms with van der Waals surface area (Å²) in [6, 6.07) is 9.33. The van der Waals surface area contributed by atoms with Crippen LogP contribution in [0.5, 0.6) is 0 Å². The lowest BCUT2D eigenvalue weighted by atomic mass is 10.0. The second-order valence-corrected chi connectivity index (χ2v) is 3.87. The summed E-state index contributed by atoms with van der Waals surface area (Å²) in [6.45, 7) is 0. The van der Waals surface area contributed by atoms with Gasteiger partial charge in [-0.05, 0) is 11.5 Å². The van der Waals surface area contributed by atoms with E-state index in [9.17, 15) is 4.79 Å². The molecular formula is C14H9N3O. The molecule has 1 aromatic carbocycles. The number of pyridine rings is 1. The van der Waals surface area contributed by atoms with E-state index in [4.69, 9.17) is 0 Å². The summed E-state index contributed by atoms with van der Waals surface area (Å²) < 4.78 is 0. The molecule has 0 aliphatic heterocycles. The summed E-state index contributed by atoms with van der Waals surface area (Å²) >= 11 is 0. The first-order chi connectivity index (χ1) is 8.86. The summed E-state index contributed by atoms with van der Waals surface area (Å²) in [6.07, 6.45) is 6.30. The Morgan fingerprint density at radius 3 is 2.67 bits per heavy atom. The molecule has 0 radical (unpaired) electrons. The standard InChI is InChI=1S/C14H9N3O/c18-14(11-5-6-16-17-8-11)13-9-15-7-10-3-1-2-4-12(10)13/h1-9H. The molecule has 0 spiro atoms. The minimum absolute atomic E-state index is 0.0887. The average Bonchev–Trinajstić information content (AvgIpc) is 2.47. The van der Waals surface area contributed by atoms with Crippen LogP contribution < -0.4 is 0 Å². The number of aromatic nitrogens is 3. The number of hydrogen-bond acceptors (Lipinski definition) is 4. The lowest BCUT2D eigenvalue weighted by Crippen LogP contribution is -2.03. The molecule has 0 bridgehead atoms. The Labute approximate surface area is 103 Å². The van der Waals surface area contributed by atoms with E-state index in [1.165, 1.54) is 12.4 Å². The molecule has 0 amide bonds. The minimum atomic E-state index is -0.0887. The van der Waals surface area contributed by atoms with Crippen LogP contribution in [0.3, 0.4) is 0 Å². The molecule has 3 rings (SSSR count). The molecule has 0 saturated carbocycles. The Morgan fingerprint density at radius 2 is 1.83 bits per heavy atom. The highest BCUT2D eigenvalue weighted by atomic mass is 16.1. The van der Waals surface area contributed by atoms with Gasteiger partial charge in [-0.2, -0.15) is 10.2 Å². The van der Waals surface area contributed by atoms with E-state index in [0.717, 1.165) is 10.8 Å². The molecule has 2 aromatic heterocycles. The molecule has 0 N–H and O–H groups in total. The zero-order valence-electron chi connectivity index (χ0n) is 9.45. The van der Waals surface area contributed by atoms with Gasteiger partial charge >= 0.3 is 0 Å². The molecule has 4 heteroatoms. The summed E-state index contributed by atoms with van der Waals surface area (Å²) in [7, 11) is 0. The predicted molar refractivity (Wildman–Crippen MR) is 67.2 cm³/mol. The summed E-state index contributed by atoms with van der Waals surface area (Å²) in [5, 5.41) is 9.23. The predicted octanol–water partition coefficient (Wildman–Crippen LogP) is 2.26. The van der Waals surface area contributed by atoms with Crippen LogP contribution in [-0.2, 0) is 0 Å². The first kappa shape index (κ1) is 10.5. The number of rotatable bonds is 2. The van der Waals surface area contributed by atoms with E-state index < -0.39 is 0 Å². The van der Waals surface area contributed by atoms with Gasteiger partial charge in [-0.25, -0.2) is 0 Å². The van der Waals surface area contributed by atoms with E-state index >= 15 is 0 Å². The van der Waals surface area contributed by atoms with Gasteiger partial charge in [-0.3, -0.25) is 9.78 Å². The maximum absolute atomic E-state index is 12.4. The molecule has 2 heterocycles. The lowest BCUT2D eigenvalue weighted by molar-refractivity contribution is 0.103. The van der Waals surface area contributed by atoms with Gasteiger partial charge in [-0.15, -0.1) is 0 Å². The molecule has 0 saturated heterocycles. The van der Waals surface area contributed by atoms with Crippen molar-refractivity contribution in [3.05, 3.63) is 66.2 Å². The monoisotopic (exact) mass is 235 g/mol. The first-order valence-corrected chi connectivity index (χ1v) is 5.50. The molecule has 0 aliphatic rings. The number of benzene rings is 1. The first-order valence-electron chi connectivity index (χ1n) is 5.50. The van der Waals surface area contributed by atoms with Crippen molar-refractivity contribution in [3.8, 4) is 0 Å². The fourth-order valence-corrected chi connectivity index (χ4v) is 1.88. The minimum Gasteiger partial charge on any atom is -0.288 e. The maximum Gasteiger partial charge on any atom is 0.196 e. The van der Waals surface area contributed by atoms with Gasteiger partial charge in [-0.1, -0.05) is 24.3 Å². The Kier molecular flexibility index (Phi) is 2.53. The number of nitrogens with zero attached hydrogens (tertiary/aromatic N) is 3. The number of carbonyl (C=O) groups is 1. The fourth-order valence-electron chi connectivity index (χ4n) is 1.88. The third-order valence-electron chi connectivity index (χ3n) is 2.76. The molecule has 86 valence electrons. The Balaban J connectivity index is 2.18. The van der Waals surface area contributed by atoms with E-state index in [0.29, 0.717) is 11.1 Å². The quantitative estimate of drug-likeness (QED) is 0.639. The number of fused-ring (bicyclic) bond motifs is 1. The van der Waals surface area contributed by atoms with Gasteiger partial charge in [0.1, 0.15) is 0 Å². The second kappa shape index (κ2) is 4.33.